The van der Waals surface area contributed by atoms with E-state index in [0.717, 1.165) is 44.5 Å². The van der Waals surface area contributed by atoms with Crippen molar-refractivity contribution in [1.29, 1.82) is 0 Å². The van der Waals surface area contributed by atoms with Gasteiger partial charge < -0.3 is 9.32 Å². The van der Waals surface area contributed by atoms with Gasteiger partial charge in [0.15, 0.2) is 5.58 Å². The van der Waals surface area contributed by atoms with Gasteiger partial charge in [0.25, 0.3) is 0 Å². The van der Waals surface area contributed by atoms with E-state index < -0.39 is 0 Å². The number of fused-ring (bicyclic) bond motifs is 4. The summed E-state index contributed by atoms with van der Waals surface area (Å²) in [5.74, 6) is 0.624. The Morgan fingerprint density at radius 1 is 0.429 bits per heavy atom. The molecule has 7 aromatic carbocycles. The number of oxazole rings is 1. The van der Waals surface area contributed by atoms with Crippen molar-refractivity contribution in [2.75, 3.05) is 4.90 Å². The summed E-state index contributed by atoms with van der Waals surface area (Å²) in [6.45, 7) is 0. The van der Waals surface area contributed by atoms with E-state index in [1.807, 2.05) is 24.3 Å². The summed E-state index contributed by atoms with van der Waals surface area (Å²) in [7, 11) is 0. The Balaban J connectivity index is 1.15. The molecule has 8 rings (SSSR count). The van der Waals surface area contributed by atoms with Gasteiger partial charge in [0.1, 0.15) is 5.52 Å². The predicted molar refractivity (Wildman–Crippen MR) is 175 cm³/mol. The molecular formula is C39H26N2O. The van der Waals surface area contributed by atoms with E-state index in [0.29, 0.717) is 5.89 Å². The topological polar surface area (TPSA) is 29.3 Å². The highest BCUT2D eigenvalue weighted by Gasteiger charge is 2.15. The second-order valence-corrected chi connectivity index (χ2v) is 10.5. The molecule has 42 heavy (non-hydrogen) atoms. The second-order valence-electron chi connectivity index (χ2n) is 10.5. The summed E-state index contributed by atoms with van der Waals surface area (Å²) in [6, 6.07) is 55.2. The van der Waals surface area contributed by atoms with Crippen LogP contribution in [0.3, 0.4) is 0 Å². The van der Waals surface area contributed by atoms with Gasteiger partial charge in [-0.1, -0.05) is 97.1 Å². The summed E-state index contributed by atoms with van der Waals surface area (Å²) in [6.07, 6.45) is 0. The van der Waals surface area contributed by atoms with Crippen LogP contribution in [-0.4, -0.2) is 4.98 Å². The van der Waals surface area contributed by atoms with Crippen LogP contribution in [0.15, 0.2) is 162 Å². The Morgan fingerprint density at radius 2 is 1.00 bits per heavy atom. The smallest absolute Gasteiger partial charge is 0.227 e. The van der Waals surface area contributed by atoms with Gasteiger partial charge in [-0.2, -0.15) is 0 Å². The van der Waals surface area contributed by atoms with E-state index in [2.05, 4.69) is 138 Å². The van der Waals surface area contributed by atoms with Crippen molar-refractivity contribution in [2.24, 2.45) is 0 Å². The summed E-state index contributed by atoms with van der Waals surface area (Å²) in [5, 5.41) is 4.76. The van der Waals surface area contributed by atoms with Crippen LogP contribution in [0, 0.1) is 0 Å². The Labute approximate surface area is 243 Å². The lowest BCUT2D eigenvalue weighted by atomic mass is 10.0. The van der Waals surface area contributed by atoms with E-state index in [9.17, 15) is 0 Å². The molecule has 0 saturated heterocycles. The minimum absolute atomic E-state index is 0.624. The molecule has 1 aromatic heterocycles. The van der Waals surface area contributed by atoms with E-state index in [1.54, 1.807) is 0 Å². The lowest BCUT2D eigenvalue weighted by Crippen LogP contribution is -2.09. The van der Waals surface area contributed by atoms with Gasteiger partial charge in [0.05, 0.1) is 0 Å². The van der Waals surface area contributed by atoms with Crippen LogP contribution in [0.5, 0.6) is 0 Å². The number of anilines is 3. The molecule has 8 aromatic rings. The molecule has 0 saturated carbocycles. The van der Waals surface area contributed by atoms with Gasteiger partial charge in [0.2, 0.25) is 5.89 Å². The molecule has 0 aliphatic carbocycles. The van der Waals surface area contributed by atoms with Crippen molar-refractivity contribution in [2.45, 2.75) is 0 Å². The maximum Gasteiger partial charge on any atom is 0.227 e. The molecular weight excluding hydrogens is 512 g/mol. The number of para-hydroxylation sites is 1. The molecule has 0 aliphatic rings. The van der Waals surface area contributed by atoms with Crippen molar-refractivity contribution < 1.29 is 4.42 Å². The molecule has 0 aliphatic heterocycles. The monoisotopic (exact) mass is 538 g/mol. The minimum Gasteiger partial charge on any atom is -0.436 e. The Hall–Kier alpha value is -5.67. The van der Waals surface area contributed by atoms with E-state index in [1.165, 1.54) is 21.9 Å². The summed E-state index contributed by atoms with van der Waals surface area (Å²) in [5.41, 5.74) is 8.28. The molecule has 0 atom stereocenters. The minimum atomic E-state index is 0.624. The molecule has 0 spiro atoms. The molecule has 3 heteroatoms. The van der Waals surface area contributed by atoms with Crippen LogP contribution in [0.25, 0.3) is 55.2 Å². The average Bonchev–Trinajstić information content (AvgIpc) is 3.51. The van der Waals surface area contributed by atoms with Crippen molar-refractivity contribution in [3.63, 3.8) is 0 Å². The number of hydrogen-bond donors (Lipinski definition) is 0. The lowest BCUT2D eigenvalue weighted by molar-refractivity contribution is 0.620. The lowest BCUT2D eigenvalue weighted by Gasteiger charge is -2.25. The quantitative estimate of drug-likeness (QED) is 0.218. The first-order valence-corrected chi connectivity index (χ1v) is 14.1. The molecule has 0 radical (unpaired) electrons. The third-order valence-electron chi connectivity index (χ3n) is 7.88. The van der Waals surface area contributed by atoms with Crippen LogP contribution in [0.4, 0.5) is 17.1 Å². The fraction of sp³-hybridized carbons (Fsp3) is 0. The van der Waals surface area contributed by atoms with E-state index in [-0.39, 0.29) is 0 Å². The zero-order chi connectivity index (χ0) is 27.9. The number of hydrogen-bond acceptors (Lipinski definition) is 3. The Kier molecular flexibility index (Phi) is 5.79. The summed E-state index contributed by atoms with van der Waals surface area (Å²) >= 11 is 0. The molecule has 0 unspecified atom stereocenters. The first-order chi connectivity index (χ1) is 20.8. The number of nitrogens with zero attached hydrogens (tertiary/aromatic N) is 2. The Bertz CT molecular complexity index is 2180. The predicted octanol–water partition coefficient (Wildman–Crippen LogP) is 10.9. The normalized spacial score (nSPS) is 11.3. The standard InChI is InChI=1S/C39H26N2O/c1-2-11-33(12-3-1)41(34-21-16-28(17-22-34)32-15-14-27-8-4-5-10-31(27)26-32)35-23-18-30(19-24-35)39-40-38-36-13-7-6-9-29(36)20-25-37(38)42-39/h1-26H. The average molecular weight is 539 g/mol. The first-order valence-electron chi connectivity index (χ1n) is 14.1. The van der Waals surface area contributed by atoms with Crippen LogP contribution < -0.4 is 4.90 Å². The third-order valence-corrected chi connectivity index (χ3v) is 7.88. The fourth-order valence-corrected chi connectivity index (χ4v) is 5.73. The van der Waals surface area contributed by atoms with Crippen molar-refractivity contribution in [3.8, 4) is 22.6 Å². The zero-order valence-corrected chi connectivity index (χ0v) is 22.8. The van der Waals surface area contributed by atoms with Crippen LogP contribution >= 0.6 is 0 Å². The molecule has 1 heterocycles. The van der Waals surface area contributed by atoms with Crippen molar-refractivity contribution in [3.05, 3.63) is 158 Å². The highest BCUT2D eigenvalue weighted by atomic mass is 16.3. The molecule has 0 N–H and O–H groups in total. The first kappa shape index (κ1) is 24.2. The van der Waals surface area contributed by atoms with Gasteiger partial charge in [-0.25, -0.2) is 4.98 Å². The Morgan fingerprint density at radius 3 is 1.76 bits per heavy atom. The van der Waals surface area contributed by atoms with E-state index >= 15 is 0 Å². The second kappa shape index (κ2) is 10.1. The molecule has 198 valence electrons. The largest absolute Gasteiger partial charge is 0.436 e. The molecule has 0 bridgehead atoms. The summed E-state index contributed by atoms with van der Waals surface area (Å²) < 4.78 is 6.19. The van der Waals surface area contributed by atoms with Crippen molar-refractivity contribution in [1.82, 2.24) is 4.98 Å². The van der Waals surface area contributed by atoms with Gasteiger partial charge >= 0.3 is 0 Å². The number of aromatic nitrogens is 1. The van der Waals surface area contributed by atoms with Gasteiger partial charge in [-0.3, -0.25) is 0 Å². The number of rotatable bonds is 5. The van der Waals surface area contributed by atoms with Crippen LogP contribution in [0.2, 0.25) is 0 Å². The van der Waals surface area contributed by atoms with E-state index in [4.69, 9.17) is 9.40 Å². The highest BCUT2D eigenvalue weighted by Crippen LogP contribution is 2.37. The van der Waals surface area contributed by atoms with Gasteiger partial charge in [0, 0.05) is 28.0 Å². The van der Waals surface area contributed by atoms with Crippen LogP contribution in [-0.2, 0) is 0 Å². The third kappa shape index (κ3) is 4.29. The zero-order valence-electron chi connectivity index (χ0n) is 22.8. The van der Waals surface area contributed by atoms with Crippen LogP contribution in [0.1, 0.15) is 0 Å². The highest BCUT2D eigenvalue weighted by molar-refractivity contribution is 6.04. The SMILES string of the molecule is c1ccc(N(c2ccc(-c3ccc4ccccc4c3)cc2)c2ccc(-c3nc4c(ccc5ccccc54)o3)cc2)cc1. The molecule has 0 amide bonds. The van der Waals surface area contributed by atoms with Crippen molar-refractivity contribution >= 4 is 49.7 Å². The number of benzene rings is 7. The maximum absolute atomic E-state index is 6.19. The molecule has 0 fully saturated rings. The van der Waals surface area contributed by atoms with Gasteiger partial charge in [-0.05, 0) is 87.9 Å². The molecule has 3 nitrogen and oxygen atoms in total. The summed E-state index contributed by atoms with van der Waals surface area (Å²) in [4.78, 5) is 7.15. The van der Waals surface area contributed by atoms with Gasteiger partial charge in [-0.15, -0.1) is 0 Å². The fourth-order valence-electron chi connectivity index (χ4n) is 5.73. The maximum atomic E-state index is 6.19.